The lowest BCUT2D eigenvalue weighted by Gasteiger charge is -2.27. The second kappa shape index (κ2) is 8.02. The predicted octanol–water partition coefficient (Wildman–Crippen LogP) is 1.82. The molecule has 5 nitrogen and oxygen atoms in total. The highest BCUT2D eigenvalue weighted by atomic mass is 32.1. The topological polar surface area (TPSA) is 53.6 Å². The van der Waals surface area contributed by atoms with Crippen LogP contribution in [0.4, 0.5) is 4.39 Å². The summed E-state index contributed by atoms with van der Waals surface area (Å²) in [6.45, 7) is 5.61. The number of rotatable bonds is 6. The average molecular weight is 351 g/mol. The van der Waals surface area contributed by atoms with Gasteiger partial charge in [-0.25, -0.2) is 4.39 Å². The van der Waals surface area contributed by atoms with Gasteiger partial charge in [-0.2, -0.15) is 0 Å². The number of ether oxygens (including phenoxy) is 1. The van der Waals surface area contributed by atoms with E-state index < -0.39 is 0 Å². The van der Waals surface area contributed by atoms with Crippen LogP contribution in [0.3, 0.4) is 0 Å². The molecule has 0 saturated carbocycles. The number of hydrogen-bond acceptors (Lipinski definition) is 5. The Morgan fingerprint density at radius 2 is 2.21 bits per heavy atom. The van der Waals surface area contributed by atoms with Crippen LogP contribution in [0.25, 0.3) is 10.1 Å². The van der Waals surface area contributed by atoms with Gasteiger partial charge in [-0.1, -0.05) is 6.07 Å². The maximum Gasteiger partial charge on any atom is 0.261 e. The van der Waals surface area contributed by atoms with Crippen LogP contribution in [0.5, 0.6) is 0 Å². The quantitative estimate of drug-likeness (QED) is 0.834. The van der Waals surface area contributed by atoms with E-state index in [1.54, 1.807) is 13.2 Å². The summed E-state index contributed by atoms with van der Waals surface area (Å²) in [5.41, 5.74) is 0.635. The van der Waals surface area contributed by atoms with Gasteiger partial charge in [0.15, 0.2) is 0 Å². The van der Waals surface area contributed by atoms with Crippen LogP contribution in [0, 0.1) is 5.82 Å². The fourth-order valence-corrected chi connectivity index (χ4v) is 4.11. The summed E-state index contributed by atoms with van der Waals surface area (Å²) >= 11 is 1.32. The van der Waals surface area contributed by atoms with Gasteiger partial charge in [0.2, 0.25) is 0 Å². The molecule has 1 aliphatic rings. The average Bonchev–Trinajstić information content (AvgIpc) is 2.96. The first-order valence-electron chi connectivity index (χ1n) is 8.11. The molecule has 24 heavy (non-hydrogen) atoms. The third-order valence-corrected chi connectivity index (χ3v) is 5.38. The second-order valence-corrected chi connectivity index (χ2v) is 6.86. The summed E-state index contributed by atoms with van der Waals surface area (Å²) in [4.78, 5) is 15.4. The Balaban J connectivity index is 1.71. The molecule has 2 N–H and O–H groups in total. The Bertz CT molecular complexity index is 713. The van der Waals surface area contributed by atoms with Crippen molar-refractivity contribution in [1.29, 1.82) is 0 Å². The zero-order valence-electron chi connectivity index (χ0n) is 13.7. The first-order valence-corrected chi connectivity index (χ1v) is 8.92. The molecule has 3 rings (SSSR count). The summed E-state index contributed by atoms with van der Waals surface area (Å²) in [6, 6.07) is 4.91. The highest BCUT2D eigenvalue weighted by Gasteiger charge is 2.20. The van der Waals surface area contributed by atoms with Gasteiger partial charge in [-0.05, 0) is 12.1 Å². The summed E-state index contributed by atoms with van der Waals surface area (Å²) in [5.74, 6) is -0.464. The number of halogens is 1. The number of hydrogen-bond donors (Lipinski definition) is 2. The van der Waals surface area contributed by atoms with E-state index in [2.05, 4.69) is 15.5 Å². The Morgan fingerprint density at radius 1 is 1.42 bits per heavy atom. The van der Waals surface area contributed by atoms with E-state index in [0.29, 0.717) is 22.4 Å². The van der Waals surface area contributed by atoms with Crippen molar-refractivity contribution in [3.05, 3.63) is 34.5 Å². The second-order valence-electron chi connectivity index (χ2n) is 5.80. The van der Waals surface area contributed by atoms with Crippen LogP contribution in [-0.4, -0.2) is 57.2 Å². The van der Waals surface area contributed by atoms with Crippen LogP contribution in [-0.2, 0) is 11.3 Å². The molecule has 0 unspecified atom stereocenters. The number of methoxy groups -OCH3 is 1. The smallest absolute Gasteiger partial charge is 0.261 e. The first kappa shape index (κ1) is 17.3. The number of benzene rings is 1. The molecule has 1 saturated heterocycles. The molecule has 2 aromatic rings. The van der Waals surface area contributed by atoms with Gasteiger partial charge in [0.1, 0.15) is 5.82 Å². The minimum atomic E-state index is -0.310. The van der Waals surface area contributed by atoms with E-state index in [1.807, 2.05) is 6.07 Å². The van der Waals surface area contributed by atoms with E-state index in [1.165, 1.54) is 17.4 Å². The molecule has 1 fully saturated rings. The van der Waals surface area contributed by atoms with Gasteiger partial charge >= 0.3 is 0 Å². The molecular formula is C17H22FN3O2S. The lowest BCUT2D eigenvalue weighted by Crippen LogP contribution is -2.46. The molecule has 2 heterocycles. The van der Waals surface area contributed by atoms with Crippen molar-refractivity contribution in [3.8, 4) is 0 Å². The highest BCUT2D eigenvalue weighted by molar-refractivity contribution is 7.21. The van der Waals surface area contributed by atoms with Gasteiger partial charge in [-0.15, -0.1) is 11.3 Å². The Kier molecular flexibility index (Phi) is 5.78. The van der Waals surface area contributed by atoms with Gasteiger partial charge in [0.25, 0.3) is 5.91 Å². The maximum absolute atomic E-state index is 14.1. The zero-order chi connectivity index (χ0) is 16.9. The number of fused-ring (bicyclic) bond motifs is 1. The number of piperazine rings is 1. The van der Waals surface area contributed by atoms with Gasteiger partial charge in [-0.3, -0.25) is 9.69 Å². The van der Waals surface area contributed by atoms with E-state index in [4.69, 9.17) is 4.74 Å². The number of nitrogens with zero attached hydrogens (tertiary/aromatic N) is 1. The number of nitrogens with one attached hydrogen (secondary N) is 2. The van der Waals surface area contributed by atoms with Gasteiger partial charge in [0, 0.05) is 62.0 Å². The summed E-state index contributed by atoms with van der Waals surface area (Å²) in [5, 5.41) is 6.76. The van der Waals surface area contributed by atoms with E-state index in [0.717, 1.165) is 37.4 Å². The number of amides is 1. The first-order chi connectivity index (χ1) is 11.7. The minimum absolute atomic E-state index is 0.155. The van der Waals surface area contributed by atoms with E-state index >= 15 is 0 Å². The predicted molar refractivity (Wildman–Crippen MR) is 94.1 cm³/mol. The zero-order valence-corrected chi connectivity index (χ0v) is 14.5. The molecule has 0 radical (unpaired) electrons. The minimum Gasteiger partial charge on any atom is -0.380 e. The molecule has 0 aliphatic carbocycles. The highest BCUT2D eigenvalue weighted by Crippen LogP contribution is 2.33. The van der Waals surface area contributed by atoms with Crippen molar-refractivity contribution in [3.63, 3.8) is 0 Å². The largest absolute Gasteiger partial charge is 0.380 e. The van der Waals surface area contributed by atoms with Gasteiger partial charge < -0.3 is 15.4 Å². The SMILES string of the molecule is COCc1c(C(=O)NCCN2CCNCC2)sc2cccc(F)c12. The molecule has 0 atom stereocenters. The van der Waals surface area contributed by atoms with Crippen molar-refractivity contribution in [2.24, 2.45) is 0 Å². The van der Waals surface area contributed by atoms with Crippen LogP contribution in [0.15, 0.2) is 18.2 Å². The standard InChI is InChI=1S/C17H22FN3O2S/c1-23-11-12-15-13(18)3-2-4-14(15)24-16(12)17(22)20-7-10-21-8-5-19-6-9-21/h2-4,19H,5-11H2,1H3,(H,20,22). The van der Waals surface area contributed by atoms with Crippen LogP contribution < -0.4 is 10.6 Å². The van der Waals surface area contributed by atoms with Crippen molar-refractivity contribution in [2.45, 2.75) is 6.61 Å². The normalized spacial score (nSPS) is 15.8. The van der Waals surface area contributed by atoms with Crippen molar-refractivity contribution in [1.82, 2.24) is 15.5 Å². The fraction of sp³-hybridized carbons (Fsp3) is 0.471. The molecule has 0 spiro atoms. The third kappa shape index (κ3) is 3.75. The van der Waals surface area contributed by atoms with E-state index in [9.17, 15) is 9.18 Å². The summed E-state index contributed by atoms with van der Waals surface area (Å²) in [6.07, 6.45) is 0. The van der Waals surface area contributed by atoms with Crippen LogP contribution in [0.1, 0.15) is 15.2 Å². The van der Waals surface area contributed by atoms with Crippen LogP contribution in [0.2, 0.25) is 0 Å². The lowest BCUT2D eigenvalue weighted by atomic mass is 10.1. The molecule has 7 heteroatoms. The Labute approximate surface area is 144 Å². The number of carbonyl (C=O) groups is 1. The third-order valence-electron chi connectivity index (χ3n) is 4.18. The molecule has 1 aliphatic heterocycles. The molecule has 0 bridgehead atoms. The molecule has 1 aromatic heterocycles. The maximum atomic E-state index is 14.1. The van der Waals surface area contributed by atoms with Crippen molar-refractivity contribution >= 4 is 27.3 Å². The summed E-state index contributed by atoms with van der Waals surface area (Å²) in [7, 11) is 1.55. The monoisotopic (exact) mass is 351 g/mol. The van der Waals surface area contributed by atoms with Crippen molar-refractivity contribution < 1.29 is 13.9 Å². The molecule has 130 valence electrons. The number of thiophene rings is 1. The molecular weight excluding hydrogens is 329 g/mol. The Morgan fingerprint density at radius 3 is 2.96 bits per heavy atom. The van der Waals surface area contributed by atoms with E-state index in [-0.39, 0.29) is 18.3 Å². The summed E-state index contributed by atoms with van der Waals surface area (Å²) < 4.78 is 20.1. The van der Waals surface area contributed by atoms with Crippen molar-refractivity contribution in [2.75, 3.05) is 46.4 Å². The van der Waals surface area contributed by atoms with Crippen LogP contribution >= 0.6 is 11.3 Å². The molecule has 1 aromatic carbocycles. The fourth-order valence-electron chi connectivity index (χ4n) is 2.98. The Hall–Kier alpha value is -1.54. The van der Waals surface area contributed by atoms with Gasteiger partial charge in [0.05, 0.1) is 11.5 Å². The lowest BCUT2D eigenvalue weighted by molar-refractivity contribution is 0.0947. The molecule has 1 amide bonds. The number of carbonyl (C=O) groups excluding carboxylic acids is 1.